The van der Waals surface area contributed by atoms with Crippen LogP contribution < -0.4 is 21.1 Å². The number of carbonyl (C=O) groups is 1. The number of pyridine rings is 2. The van der Waals surface area contributed by atoms with Gasteiger partial charge in [-0.15, -0.1) is 0 Å². The lowest BCUT2D eigenvalue weighted by molar-refractivity contribution is 0.0951. The zero-order valence-electron chi connectivity index (χ0n) is 23.5. The molecule has 0 unspecified atom stereocenters. The number of rotatable bonds is 7. The molecule has 39 heavy (non-hydrogen) atoms. The van der Waals surface area contributed by atoms with E-state index < -0.39 is 0 Å². The Balaban J connectivity index is 1.48. The number of hydrogen-bond donors (Lipinski definition) is 3. The van der Waals surface area contributed by atoms with E-state index in [1.165, 1.54) is 0 Å². The maximum Gasteiger partial charge on any atom is 0.254 e. The lowest BCUT2D eigenvalue weighted by atomic mass is 10.0. The molecule has 1 aliphatic rings. The van der Waals surface area contributed by atoms with Crippen molar-refractivity contribution in [3.63, 3.8) is 0 Å². The lowest BCUT2D eigenvalue weighted by Gasteiger charge is -2.28. The highest BCUT2D eigenvalue weighted by Gasteiger charge is 2.23. The lowest BCUT2D eigenvalue weighted by Crippen LogP contribution is -2.43. The first-order valence-corrected chi connectivity index (χ1v) is 13.8. The normalized spacial score (nSPS) is 14.5. The summed E-state index contributed by atoms with van der Waals surface area (Å²) in [5.41, 5.74) is 6.83. The van der Waals surface area contributed by atoms with Crippen LogP contribution in [0.4, 0.5) is 5.82 Å². The van der Waals surface area contributed by atoms with Crippen LogP contribution in [0, 0.1) is 20.8 Å². The Kier molecular flexibility index (Phi) is 7.57. The second kappa shape index (κ2) is 11.1. The average molecular weight is 527 g/mol. The molecule has 5 rings (SSSR count). The van der Waals surface area contributed by atoms with Gasteiger partial charge < -0.3 is 25.1 Å². The highest BCUT2D eigenvalue weighted by Crippen LogP contribution is 2.34. The average Bonchev–Trinajstić information content (AvgIpc) is 3.23. The third kappa shape index (κ3) is 5.21. The van der Waals surface area contributed by atoms with E-state index in [2.05, 4.69) is 63.2 Å². The van der Waals surface area contributed by atoms with E-state index in [1.54, 1.807) is 0 Å². The molecule has 0 radical (unpaired) electrons. The molecule has 1 fully saturated rings. The van der Waals surface area contributed by atoms with Crippen molar-refractivity contribution >= 4 is 22.6 Å². The molecule has 1 aliphatic heterocycles. The third-order valence-electron chi connectivity index (χ3n) is 7.95. The molecule has 204 valence electrons. The number of nitrogens with zero attached hydrogens (tertiary/aromatic N) is 3. The van der Waals surface area contributed by atoms with Crippen LogP contribution in [0.1, 0.15) is 59.2 Å². The number of aryl methyl sites for hydroxylation is 2. The van der Waals surface area contributed by atoms with Crippen molar-refractivity contribution in [1.82, 2.24) is 25.2 Å². The monoisotopic (exact) mass is 526 g/mol. The fourth-order valence-corrected chi connectivity index (χ4v) is 5.65. The van der Waals surface area contributed by atoms with Crippen molar-refractivity contribution in [3.05, 3.63) is 81.0 Å². The second-order valence-electron chi connectivity index (χ2n) is 10.6. The molecule has 0 saturated carbocycles. The highest BCUT2D eigenvalue weighted by molar-refractivity contribution is 6.09. The van der Waals surface area contributed by atoms with Gasteiger partial charge in [-0.2, -0.15) is 0 Å². The van der Waals surface area contributed by atoms with Crippen molar-refractivity contribution in [2.75, 3.05) is 31.1 Å². The van der Waals surface area contributed by atoms with Crippen molar-refractivity contribution in [2.45, 2.75) is 53.6 Å². The first-order chi connectivity index (χ1) is 18.8. The van der Waals surface area contributed by atoms with Gasteiger partial charge in [-0.25, -0.2) is 4.98 Å². The van der Waals surface area contributed by atoms with Crippen LogP contribution in [0.3, 0.4) is 0 Å². The predicted molar refractivity (Wildman–Crippen MR) is 158 cm³/mol. The summed E-state index contributed by atoms with van der Waals surface area (Å²) in [5.74, 6) is 0.829. The zero-order chi connectivity index (χ0) is 27.7. The molecule has 8 nitrogen and oxygen atoms in total. The van der Waals surface area contributed by atoms with Crippen molar-refractivity contribution in [1.29, 1.82) is 0 Å². The van der Waals surface area contributed by atoms with Crippen LogP contribution in [0.2, 0.25) is 0 Å². The number of amides is 1. The Morgan fingerprint density at radius 1 is 1.08 bits per heavy atom. The Labute approximate surface area is 229 Å². The topological polar surface area (TPSA) is 95.0 Å². The number of hydrogen-bond acceptors (Lipinski definition) is 5. The quantitative estimate of drug-likeness (QED) is 0.327. The molecular formula is C31H38N6O2. The van der Waals surface area contributed by atoms with Gasteiger partial charge >= 0.3 is 0 Å². The Morgan fingerprint density at radius 2 is 1.82 bits per heavy atom. The van der Waals surface area contributed by atoms with Gasteiger partial charge in [0.05, 0.1) is 5.56 Å². The second-order valence-corrected chi connectivity index (χ2v) is 10.6. The fourth-order valence-electron chi connectivity index (χ4n) is 5.65. The number of nitrogens with one attached hydrogen (secondary N) is 3. The first-order valence-electron chi connectivity index (χ1n) is 13.8. The molecule has 1 saturated heterocycles. The van der Waals surface area contributed by atoms with E-state index in [4.69, 9.17) is 4.98 Å². The number of fused-ring (bicyclic) bond motifs is 1. The standard InChI is InChI=1S/C31H38N6O2/c1-6-21(4)37-22(5)29(31(39)34-18-26-19(2)15-20(3)35-30(26)38)25-9-7-23(16-27(25)37)24-8-10-28(33-17-24)36-13-11-32-12-14-36/h7-10,15-17,21,32H,6,11-14,18H2,1-5H3,(H,34,39)(H,35,38)/t21-/m0/s1. The van der Waals surface area contributed by atoms with Crippen molar-refractivity contribution in [3.8, 4) is 11.1 Å². The number of benzene rings is 1. The predicted octanol–water partition coefficient (Wildman–Crippen LogP) is 4.63. The molecule has 3 aromatic heterocycles. The Bertz CT molecular complexity index is 1560. The van der Waals surface area contributed by atoms with Gasteiger partial charge in [0, 0.05) is 78.4 Å². The molecule has 0 aliphatic carbocycles. The molecule has 0 spiro atoms. The number of H-pyrrole nitrogens is 1. The van der Waals surface area contributed by atoms with Crippen LogP contribution in [0.15, 0.2) is 47.4 Å². The van der Waals surface area contributed by atoms with Crippen LogP contribution in [0.25, 0.3) is 22.0 Å². The van der Waals surface area contributed by atoms with Gasteiger partial charge in [0.15, 0.2) is 0 Å². The molecule has 4 heterocycles. The van der Waals surface area contributed by atoms with Gasteiger partial charge in [-0.3, -0.25) is 9.59 Å². The number of anilines is 1. The molecule has 8 heteroatoms. The van der Waals surface area contributed by atoms with Crippen LogP contribution in [-0.4, -0.2) is 46.6 Å². The van der Waals surface area contributed by atoms with E-state index in [0.29, 0.717) is 11.1 Å². The number of piperazine rings is 1. The largest absolute Gasteiger partial charge is 0.354 e. The van der Waals surface area contributed by atoms with E-state index in [0.717, 1.165) is 77.4 Å². The van der Waals surface area contributed by atoms with E-state index >= 15 is 0 Å². The maximum atomic E-state index is 13.6. The summed E-state index contributed by atoms with van der Waals surface area (Å²) >= 11 is 0. The van der Waals surface area contributed by atoms with Gasteiger partial charge in [-0.1, -0.05) is 19.1 Å². The van der Waals surface area contributed by atoms with E-state index in [1.807, 2.05) is 39.1 Å². The highest BCUT2D eigenvalue weighted by atomic mass is 16.2. The van der Waals surface area contributed by atoms with E-state index in [-0.39, 0.29) is 24.1 Å². The minimum Gasteiger partial charge on any atom is -0.354 e. The molecule has 3 N–H and O–H groups in total. The summed E-state index contributed by atoms with van der Waals surface area (Å²) in [4.78, 5) is 35.9. The van der Waals surface area contributed by atoms with Crippen LogP contribution in [0.5, 0.6) is 0 Å². The zero-order valence-corrected chi connectivity index (χ0v) is 23.5. The van der Waals surface area contributed by atoms with Gasteiger partial charge in [-0.05, 0) is 69.5 Å². The van der Waals surface area contributed by atoms with E-state index in [9.17, 15) is 9.59 Å². The molecule has 1 amide bonds. The minimum atomic E-state index is -0.172. The smallest absolute Gasteiger partial charge is 0.254 e. The summed E-state index contributed by atoms with van der Waals surface area (Å²) in [6, 6.07) is 12.6. The summed E-state index contributed by atoms with van der Waals surface area (Å²) < 4.78 is 2.26. The molecular weight excluding hydrogens is 488 g/mol. The molecule has 4 aromatic rings. The summed E-state index contributed by atoms with van der Waals surface area (Å²) in [6.07, 6.45) is 2.88. The summed E-state index contributed by atoms with van der Waals surface area (Å²) in [5, 5.41) is 7.30. The van der Waals surface area contributed by atoms with Crippen molar-refractivity contribution in [2.24, 2.45) is 0 Å². The number of aromatic nitrogens is 3. The molecule has 0 bridgehead atoms. The number of carbonyl (C=O) groups excluding carboxylic acids is 1. The molecule has 1 aromatic carbocycles. The maximum absolute atomic E-state index is 13.6. The molecule has 1 atom stereocenters. The summed E-state index contributed by atoms with van der Waals surface area (Å²) in [6.45, 7) is 14.2. The van der Waals surface area contributed by atoms with Gasteiger partial charge in [0.1, 0.15) is 5.82 Å². The Hall–Kier alpha value is -3.91. The first kappa shape index (κ1) is 26.7. The minimum absolute atomic E-state index is 0.159. The Morgan fingerprint density at radius 3 is 2.49 bits per heavy atom. The SMILES string of the molecule is CC[C@H](C)n1c(C)c(C(=O)NCc2c(C)cc(C)[nH]c2=O)c2ccc(-c3ccc(N4CCNCC4)nc3)cc21. The summed E-state index contributed by atoms with van der Waals surface area (Å²) in [7, 11) is 0. The van der Waals surface area contributed by atoms with Gasteiger partial charge in [0.2, 0.25) is 0 Å². The fraction of sp³-hybridized carbons (Fsp3) is 0.387. The van der Waals surface area contributed by atoms with Gasteiger partial charge in [0.25, 0.3) is 11.5 Å². The van der Waals surface area contributed by atoms with Crippen LogP contribution in [-0.2, 0) is 6.54 Å². The van der Waals surface area contributed by atoms with Crippen molar-refractivity contribution < 1.29 is 4.79 Å². The third-order valence-corrected chi connectivity index (χ3v) is 7.95. The number of aromatic amines is 1. The van der Waals surface area contributed by atoms with Crippen LogP contribution >= 0.6 is 0 Å².